The van der Waals surface area contributed by atoms with Crippen LogP contribution in [0.1, 0.15) is 31.2 Å². The molecule has 1 aliphatic rings. The molecular weight excluding hydrogens is 290 g/mol. The summed E-state index contributed by atoms with van der Waals surface area (Å²) in [5.74, 6) is 0.483. The van der Waals surface area contributed by atoms with Crippen LogP contribution in [0.4, 0.5) is 0 Å². The lowest BCUT2D eigenvalue weighted by Gasteiger charge is -2.10. The van der Waals surface area contributed by atoms with Gasteiger partial charge in [-0.25, -0.2) is 0 Å². The number of carbonyl (C=O) groups excluding carboxylic acids is 1. The van der Waals surface area contributed by atoms with E-state index in [2.05, 4.69) is 10.6 Å². The summed E-state index contributed by atoms with van der Waals surface area (Å²) >= 11 is 0. The Hall–Kier alpha value is -2.48. The van der Waals surface area contributed by atoms with Gasteiger partial charge in [0.05, 0.1) is 7.11 Å². The molecule has 1 aliphatic carbocycles. The number of nitrogens with zero attached hydrogens (tertiary/aromatic N) is 1. The van der Waals surface area contributed by atoms with E-state index >= 15 is 0 Å². The van der Waals surface area contributed by atoms with E-state index in [1.54, 1.807) is 13.3 Å². The first-order valence-electron chi connectivity index (χ1n) is 8.00. The molecule has 2 rings (SSSR count). The number of rotatable bonds is 7. The molecule has 0 aromatic heterocycles. The molecule has 0 bridgehead atoms. The van der Waals surface area contributed by atoms with E-state index in [0.29, 0.717) is 19.0 Å². The second-order valence-corrected chi connectivity index (χ2v) is 5.67. The molecule has 0 unspecified atom stereocenters. The zero-order valence-electron chi connectivity index (χ0n) is 13.5. The fourth-order valence-corrected chi connectivity index (χ4v) is 2.65. The standard InChI is InChI=1S/C18H23N3O2/c1-23-17-8-6-14(7-9-17)10-11-20-18(22)15(12-19)13-21-16-4-2-3-5-16/h6-9,13,16,21H,2-5,10-11H2,1H3,(H,20,22)/b15-13-. The molecule has 5 heteroatoms. The maximum atomic E-state index is 12.0. The first-order valence-corrected chi connectivity index (χ1v) is 8.00. The van der Waals surface area contributed by atoms with Gasteiger partial charge in [0.15, 0.2) is 0 Å². The third-order valence-electron chi connectivity index (χ3n) is 4.04. The highest BCUT2D eigenvalue weighted by Crippen LogP contribution is 2.17. The lowest BCUT2D eigenvalue weighted by molar-refractivity contribution is -0.117. The molecule has 5 nitrogen and oxygen atoms in total. The van der Waals surface area contributed by atoms with Crippen molar-refractivity contribution in [3.8, 4) is 11.8 Å². The van der Waals surface area contributed by atoms with Crippen LogP contribution >= 0.6 is 0 Å². The minimum Gasteiger partial charge on any atom is -0.497 e. The Morgan fingerprint density at radius 1 is 1.35 bits per heavy atom. The normalized spacial score (nSPS) is 15.0. The summed E-state index contributed by atoms with van der Waals surface area (Å²) in [6, 6.07) is 10.1. The summed E-state index contributed by atoms with van der Waals surface area (Å²) in [7, 11) is 1.63. The van der Waals surface area contributed by atoms with Crippen LogP contribution in [-0.2, 0) is 11.2 Å². The van der Waals surface area contributed by atoms with Crippen molar-refractivity contribution in [2.45, 2.75) is 38.1 Å². The van der Waals surface area contributed by atoms with Crippen molar-refractivity contribution in [2.24, 2.45) is 0 Å². The molecule has 0 radical (unpaired) electrons. The van der Waals surface area contributed by atoms with E-state index in [0.717, 1.165) is 24.2 Å². The number of nitrogens with one attached hydrogen (secondary N) is 2. The summed E-state index contributed by atoms with van der Waals surface area (Å²) in [6.45, 7) is 0.494. The van der Waals surface area contributed by atoms with Gasteiger partial charge in [0.2, 0.25) is 0 Å². The van der Waals surface area contributed by atoms with Gasteiger partial charge in [-0.3, -0.25) is 4.79 Å². The molecule has 0 aliphatic heterocycles. The van der Waals surface area contributed by atoms with Crippen LogP contribution in [-0.4, -0.2) is 25.6 Å². The first kappa shape index (κ1) is 16.9. The Morgan fingerprint density at radius 3 is 2.65 bits per heavy atom. The van der Waals surface area contributed by atoms with Gasteiger partial charge in [0, 0.05) is 18.8 Å². The fraction of sp³-hybridized carbons (Fsp3) is 0.444. The van der Waals surface area contributed by atoms with Crippen LogP contribution in [0.25, 0.3) is 0 Å². The minimum atomic E-state index is -0.327. The molecule has 0 spiro atoms. The van der Waals surface area contributed by atoms with Crippen LogP contribution in [0.2, 0.25) is 0 Å². The molecule has 0 atom stereocenters. The van der Waals surface area contributed by atoms with Gasteiger partial charge in [0.25, 0.3) is 5.91 Å². The molecular formula is C18H23N3O2. The zero-order valence-corrected chi connectivity index (χ0v) is 13.5. The quantitative estimate of drug-likeness (QED) is 0.598. The fourth-order valence-electron chi connectivity index (χ4n) is 2.65. The Kier molecular flexibility index (Phi) is 6.49. The SMILES string of the molecule is COc1ccc(CCNC(=O)/C(C#N)=C\NC2CCCC2)cc1. The Labute approximate surface area is 137 Å². The molecule has 0 saturated heterocycles. The summed E-state index contributed by atoms with van der Waals surface area (Å²) in [4.78, 5) is 12.0. The average Bonchev–Trinajstić information content (AvgIpc) is 3.09. The van der Waals surface area contributed by atoms with Crippen LogP contribution in [0.3, 0.4) is 0 Å². The molecule has 1 saturated carbocycles. The number of ether oxygens (including phenoxy) is 1. The summed E-state index contributed by atoms with van der Waals surface area (Å²) < 4.78 is 5.11. The average molecular weight is 313 g/mol. The van der Waals surface area contributed by atoms with E-state index in [-0.39, 0.29) is 11.5 Å². The largest absolute Gasteiger partial charge is 0.497 e. The van der Waals surface area contributed by atoms with Gasteiger partial charge >= 0.3 is 0 Å². The Morgan fingerprint density at radius 2 is 2.04 bits per heavy atom. The van der Waals surface area contributed by atoms with E-state index in [1.807, 2.05) is 30.3 Å². The number of benzene rings is 1. The van der Waals surface area contributed by atoms with Crippen LogP contribution < -0.4 is 15.4 Å². The smallest absolute Gasteiger partial charge is 0.263 e. The molecule has 1 fully saturated rings. The number of carbonyl (C=O) groups is 1. The van der Waals surface area contributed by atoms with Crippen molar-refractivity contribution in [1.82, 2.24) is 10.6 Å². The Balaban J connectivity index is 1.77. The highest BCUT2D eigenvalue weighted by Gasteiger charge is 2.14. The Bertz CT molecular complexity index is 581. The predicted molar refractivity (Wildman–Crippen MR) is 88.8 cm³/mol. The summed E-state index contributed by atoms with van der Waals surface area (Å²) in [6.07, 6.45) is 6.90. The molecule has 1 amide bonds. The predicted octanol–water partition coefficient (Wildman–Crippen LogP) is 2.29. The molecule has 1 aromatic carbocycles. The molecule has 1 aromatic rings. The van der Waals surface area contributed by atoms with E-state index in [1.165, 1.54) is 12.8 Å². The maximum Gasteiger partial charge on any atom is 0.263 e. The second-order valence-electron chi connectivity index (χ2n) is 5.67. The van der Waals surface area contributed by atoms with Gasteiger partial charge in [-0.05, 0) is 37.0 Å². The first-order chi connectivity index (χ1) is 11.2. The molecule has 23 heavy (non-hydrogen) atoms. The summed E-state index contributed by atoms with van der Waals surface area (Å²) in [5, 5.41) is 15.1. The van der Waals surface area contributed by atoms with Crippen molar-refractivity contribution in [3.05, 3.63) is 41.6 Å². The van der Waals surface area contributed by atoms with Gasteiger partial charge in [-0.15, -0.1) is 0 Å². The van der Waals surface area contributed by atoms with Gasteiger partial charge in [-0.1, -0.05) is 25.0 Å². The lowest BCUT2D eigenvalue weighted by Crippen LogP contribution is -2.29. The minimum absolute atomic E-state index is 0.131. The number of methoxy groups -OCH3 is 1. The van der Waals surface area contributed by atoms with Crippen LogP contribution in [0, 0.1) is 11.3 Å². The monoisotopic (exact) mass is 313 g/mol. The van der Waals surface area contributed by atoms with Crippen molar-refractivity contribution in [2.75, 3.05) is 13.7 Å². The van der Waals surface area contributed by atoms with Gasteiger partial charge < -0.3 is 15.4 Å². The third kappa shape index (κ3) is 5.33. The highest BCUT2D eigenvalue weighted by molar-refractivity contribution is 5.97. The molecule has 122 valence electrons. The van der Waals surface area contributed by atoms with Crippen molar-refractivity contribution >= 4 is 5.91 Å². The second kappa shape index (κ2) is 8.84. The van der Waals surface area contributed by atoms with E-state index in [4.69, 9.17) is 10.00 Å². The van der Waals surface area contributed by atoms with E-state index in [9.17, 15) is 4.79 Å². The number of amides is 1. The highest BCUT2D eigenvalue weighted by atomic mass is 16.5. The number of hydrogen-bond acceptors (Lipinski definition) is 4. The van der Waals surface area contributed by atoms with Gasteiger partial charge in [0.1, 0.15) is 17.4 Å². The van der Waals surface area contributed by atoms with E-state index < -0.39 is 0 Å². The topological polar surface area (TPSA) is 74.1 Å². The third-order valence-corrected chi connectivity index (χ3v) is 4.04. The number of nitriles is 1. The van der Waals surface area contributed by atoms with Crippen molar-refractivity contribution in [3.63, 3.8) is 0 Å². The van der Waals surface area contributed by atoms with Crippen LogP contribution in [0.5, 0.6) is 5.75 Å². The van der Waals surface area contributed by atoms with Crippen molar-refractivity contribution in [1.29, 1.82) is 5.26 Å². The zero-order chi connectivity index (χ0) is 16.5. The van der Waals surface area contributed by atoms with Crippen LogP contribution in [0.15, 0.2) is 36.0 Å². The van der Waals surface area contributed by atoms with Gasteiger partial charge in [-0.2, -0.15) is 5.26 Å². The number of hydrogen-bond donors (Lipinski definition) is 2. The molecule has 2 N–H and O–H groups in total. The lowest BCUT2D eigenvalue weighted by atomic mass is 10.1. The maximum absolute atomic E-state index is 12.0. The molecule has 0 heterocycles. The summed E-state index contributed by atoms with van der Waals surface area (Å²) in [5.41, 5.74) is 1.24. The van der Waals surface area contributed by atoms with Crippen molar-refractivity contribution < 1.29 is 9.53 Å².